The third kappa shape index (κ3) is 3.73. The van der Waals surface area contributed by atoms with Crippen LogP contribution in [0.5, 0.6) is 0 Å². The van der Waals surface area contributed by atoms with Gasteiger partial charge in [0.25, 0.3) is 10.0 Å². The predicted octanol–water partition coefficient (Wildman–Crippen LogP) is 3.49. The fourth-order valence-corrected chi connectivity index (χ4v) is 4.02. The molecule has 0 aliphatic carbocycles. The monoisotopic (exact) mass is 392 g/mol. The number of nitrogens with one attached hydrogen (secondary N) is 1. The summed E-state index contributed by atoms with van der Waals surface area (Å²) in [7, 11) is -3.82. The molecule has 1 heterocycles. The number of nitrogens with zero attached hydrogens (tertiary/aromatic N) is 1. The number of hydrogen-bond donors (Lipinski definition) is 1. The van der Waals surface area contributed by atoms with Crippen molar-refractivity contribution in [2.45, 2.75) is 31.1 Å². The maximum absolute atomic E-state index is 12.6. The summed E-state index contributed by atoms with van der Waals surface area (Å²) in [6.45, 7) is 1.77. The van der Waals surface area contributed by atoms with Crippen LogP contribution >= 0.6 is 11.6 Å². The van der Waals surface area contributed by atoms with E-state index in [0.717, 1.165) is 10.5 Å². The average Bonchev–Trinajstić information content (AvgIpc) is 2.58. The second-order valence-corrected chi connectivity index (χ2v) is 8.15. The van der Waals surface area contributed by atoms with Crippen LogP contribution in [-0.4, -0.2) is 20.2 Å². The highest BCUT2D eigenvalue weighted by molar-refractivity contribution is 7.92. The zero-order valence-corrected chi connectivity index (χ0v) is 15.6. The van der Waals surface area contributed by atoms with Gasteiger partial charge in [-0.2, -0.15) is 0 Å². The molecule has 8 heteroatoms. The molecule has 0 bridgehead atoms. The summed E-state index contributed by atoms with van der Waals surface area (Å²) in [6.07, 6.45) is 1.16. The standard InChI is InChI=1S/C18H17ClN2O4S/c1-12-5-6-13(19)11-16(12)20-26(24,25)15-9-7-14(8-10-15)21-17(22)3-2-4-18(21)23/h5-11,20H,2-4H2,1H3. The van der Waals surface area contributed by atoms with E-state index in [9.17, 15) is 18.0 Å². The Labute approximate surface area is 156 Å². The maximum atomic E-state index is 12.6. The maximum Gasteiger partial charge on any atom is 0.261 e. The third-order valence-electron chi connectivity index (χ3n) is 4.13. The number of benzene rings is 2. The van der Waals surface area contributed by atoms with Crippen LogP contribution in [-0.2, 0) is 19.6 Å². The van der Waals surface area contributed by atoms with Gasteiger partial charge in [0.15, 0.2) is 0 Å². The number of halogens is 1. The van der Waals surface area contributed by atoms with Gasteiger partial charge in [0.2, 0.25) is 11.8 Å². The lowest BCUT2D eigenvalue weighted by atomic mass is 10.1. The molecule has 0 radical (unpaired) electrons. The van der Waals surface area contributed by atoms with Crippen molar-refractivity contribution < 1.29 is 18.0 Å². The molecular weight excluding hydrogens is 376 g/mol. The lowest BCUT2D eigenvalue weighted by molar-refractivity contribution is -0.129. The minimum Gasteiger partial charge on any atom is -0.279 e. The average molecular weight is 393 g/mol. The van der Waals surface area contributed by atoms with Crippen LogP contribution in [0.4, 0.5) is 11.4 Å². The quantitative estimate of drug-likeness (QED) is 0.807. The Morgan fingerprint density at radius 2 is 1.62 bits per heavy atom. The zero-order chi connectivity index (χ0) is 18.9. The summed E-state index contributed by atoms with van der Waals surface area (Å²) in [6, 6.07) is 10.6. The summed E-state index contributed by atoms with van der Waals surface area (Å²) < 4.78 is 27.7. The normalized spacial score (nSPS) is 15.2. The number of anilines is 2. The Balaban J connectivity index is 1.86. The van der Waals surface area contributed by atoms with Gasteiger partial charge in [-0.15, -0.1) is 0 Å². The fourth-order valence-electron chi connectivity index (χ4n) is 2.72. The number of hydrogen-bond acceptors (Lipinski definition) is 4. The van der Waals surface area contributed by atoms with Crippen molar-refractivity contribution in [1.82, 2.24) is 0 Å². The first kappa shape index (κ1) is 18.4. The van der Waals surface area contributed by atoms with Crippen LogP contribution < -0.4 is 9.62 Å². The Morgan fingerprint density at radius 1 is 1.00 bits per heavy atom. The smallest absolute Gasteiger partial charge is 0.261 e. The van der Waals surface area contributed by atoms with E-state index in [1.165, 1.54) is 30.3 Å². The Kier molecular flexibility index (Phi) is 5.02. The minimum atomic E-state index is -3.82. The molecular formula is C18H17ClN2O4S. The van der Waals surface area contributed by atoms with E-state index < -0.39 is 10.0 Å². The highest BCUT2D eigenvalue weighted by Crippen LogP contribution is 2.26. The Bertz CT molecular complexity index is 955. The Morgan fingerprint density at radius 3 is 2.23 bits per heavy atom. The first-order chi connectivity index (χ1) is 12.3. The van der Waals surface area contributed by atoms with E-state index in [-0.39, 0.29) is 16.7 Å². The molecule has 0 spiro atoms. The van der Waals surface area contributed by atoms with Gasteiger partial charge in [0.1, 0.15) is 0 Å². The second kappa shape index (κ2) is 7.09. The number of carbonyl (C=O) groups is 2. The topological polar surface area (TPSA) is 83.6 Å². The second-order valence-electron chi connectivity index (χ2n) is 6.04. The summed E-state index contributed by atoms with van der Waals surface area (Å²) in [5.74, 6) is -0.547. The molecule has 2 amide bonds. The third-order valence-corrected chi connectivity index (χ3v) is 5.75. The number of amides is 2. The van der Waals surface area contributed by atoms with Gasteiger partial charge in [-0.25, -0.2) is 8.42 Å². The zero-order valence-electron chi connectivity index (χ0n) is 14.0. The molecule has 1 N–H and O–H groups in total. The minimum absolute atomic E-state index is 0.0255. The van der Waals surface area contributed by atoms with Crippen LogP contribution in [0, 0.1) is 6.92 Å². The molecule has 0 unspecified atom stereocenters. The number of aryl methyl sites for hydroxylation is 1. The van der Waals surface area contributed by atoms with E-state index in [2.05, 4.69) is 4.72 Å². The van der Waals surface area contributed by atoms with E-state index in [0.29, 0.717) is 35.7 Å². The summed E-state index contributed by atoms with van der Waals surface area (Å²) in [4.78, 5) is 25.1. The number of carbonyl (C=O) groups excluding carboxylic acids is 2. The van der Waals surface area contributed by atoms with E-state index >= 15 is 0 Å². The molecule has 2 aromatic carbocycles. The lowest BCUT2D eigenvalue weighted by Gasteiger charge is -2.24. The van der Waals surface area contributed by atoms with Crippen molar-refractivity contribution in [3.05, 3.63) is 53.1 Å². The van der Waals surface area contributed by atoms with Crippen LogP contribution in [0.2, 0.25) is 5.02 Å². The molecule has 2 aromatic rings. The first-order valence-corrected chi connectivity index (χ1v) is 9.89. The molecule has 1 aliphatic rings. The first-order valence-electron chi connectivity index (χ1n) is 8.03. The van der Waals surface area contributed by atoms with Gasteiger partial charge < -0.3 is 0 Å². The van der Waals surface area contributed by atoms with Crippen LogP contribution in [0.15, 0.2) is 47.4 Å². The van der Waals surface area contributed by atoms with Crippen LogP contribution in [0.1, 0.15) is 24.8 Å². The van der Waals surface area contributed by atoms with Crippen molar-refractivity contribution in [2.75, 3.05) is 9.62 Å². The number of rotatable bonds is 4. The molecule has 26 heavy (non-hydrogen) atoms. The Hall–Kier alpha value is -2.38. The van der Waals surface area contributed by atoms with Crippen molar-refractivity contribution in [3.63, 3.8) is 0 Å². The van der Waals surface area contributed by atoms with Gasteiger partial charge in [-0.1, -0.05) is 17.7 Å². The van der Waals surface area contributed by atoms with Crippen molar-refractivity contribution in [1.29, 1.82) is 0 Å². The molecule has 6 nitrogen and oxygen atoms in total. The van der Waals surface area contributed by atoms with E-state index in [1.807, 2.05) is 0 Å². The molecule has 3 rings (SSSR count). The van der Waals surface area contributed by atoms with Crippen LogP contribution in [0.3, 0.4) is 0 Å². The van der Waals surface area contributed by atoms with Gasteiger partial charge in [0.05, 0.1) is 16.3 Å². The highest BCUT2D eigenvalue weighted by atomic mass is 35.5. The summed E-state index contributed by atoms with van der Waals surface area (Å²) in [5.41, 5.74) is 1.50. The molecule has 1 aliphatic heterocycles. The van der Waals surface area contributed by atoms with Gasteiger partial charge >= 0.3 is 0 Å². The number of sulfonamides is 1. The molecule has 0 atom stereocenters. The number of piperidine rings is 1. The molecule has 0 aromatic heterocycles. The number of imide groups is 1. The van der Waals surface area contributed by atoms with Gasteiger partial charge in [-0.05, 0) is 55.3 Å². The van der Waals surface area contributed by atoms with Crippen molar-refractivity contribution >= 4 is 44.8 Å². The predicted molar refractivity (Wildman–Crippen MR) is 99.8 cm³/mol. The van der Waals surface area contributed by atoms with Crippen LogP contribution in [0.25, 0.3) is 0 Å². The fraction of sp³-hybridized carbons (Fsp3) is 0.222. The SMILES string of the molecule is Cc1ccc(Cl)cc1NS(=O)(=O)c1ccc(N2C(=O)CCCC2=O)cc1. The van der Waals surface area contributed by atoms with Gasteiger partial charge in [0, 0.05) is 17.9 Å². The van der Waals surface area contributed by atoms with E-state index in [1.54, 1.807) is 19.1 Å². The van der Waals surface area contributed by atoms with Crippen molar-refractivity contribution in [3.8, 4) is 0 Å². The summed E-state index contributed by atoms with van der Waals surface area (Å²) >= 11 is 5.92. The molecule has 1 fully saturated rings. The largest absolute Gasteiger partial charge is 0.279 e. The highest BCUT2D eigenvalue weighted by Gasteiger charge is 2.27. The van der Waals surface area contributed by atoms with E-state index in [4.69, 9.17) is 11.6 Å². The van der Waals surface area contributed by atoms with Gasteiger partial charge in [-0.3, -0.25) is 19.2 Å². The molecule has 136 valence electrons. The molecule has 0 saturated carbocycles. The molecule has 1 saturated heterocycles. The summed E-state index contributed by atoms with van der Waals surface area (Å²) in [5, 5.41) is 0.422. The van der Waals surface area contributed by atoms with Crippen molar-refractivity contribution in [2.24, 2.45) is 0 Å². The lowest BCUT2D eigenvalue weighted by Crippen LogP contribution is -2.40.